The molecule has 0 aliphatic heterocycles. The molecule has 1 amide bonds. The van der Waals surface area contributed by atoms with Crippen molar-refractivity contribution in [3.8, 4) is 28.4 Å². The van der Waals surface area contributed by atoms with Gasteiger partial charge in [-0.3, -0.25) is 4.98 Å². The Morgan fingerprint density at radius 1 is 1.04 bits per heavy atom. The van der Waals surface area contributed by atoms with Crippen LogP contribution in [0.2, 0.25) is 19.6 Å². The van der Waals surface area contributed by atoms with E-state index >= 15 is 0 Å². The van der Waals surface area contributed by atoms with Crippen molar-refractivity contribution in [1.82, 2.24) is 9.88 Å². The van der Waals surface area contributed by atoms with Gasteiger partial charge < -0.3 is 19.1 Å². The van der Waals surface area contributed by atoms with Crippen LogP contribution >= 0.6 is 0 Å². The lowest BCUT2D eigenvalue weighted by atomic mass is 10.0. The molecule has 0 saturated heterocycles. The number of nitrogens with zero attached hydrogens (tertiary/aromatic N) is 2. The van der Waals surface area contributed by atoms with Crippen molar-refractivity contribution in [2.75, 3.05) is 27.3 Å². The first-order valence-electron chi connectivity index (χ1n) is 9.45. The number of hydrogen-bond donors (Lipinski definition) is 0. The number of ether oxygens (including phenoxy) is 3. The van der Waals surface area contributed by atoms with Crippen molar-refractivity contribution in [1.29, 1.82) is 0 Å². The molecule has 0 radical (unpaired) electrons. The lowest BCUT2D eigenvalue weighted by molar-refractivity contribution is 0.157. The number of methoxy groups -OCH3 is 2. The van der Waals surface area contributed by atoms with E-state index in [1.165, 1.54) is 0 Å². The maximum Gasteiger partial charge on any atom is 0.415 e. The zero-order valence-corrected chi connectivity index (χ0v) is 18.8. The first-order chi connectivity index (χ1) is 13.3. The zero-order chi connectivity index (χ0) is 20.9. The van der Waals surface area contributed by atoms with Crippen LogP contribution in [0.15, 0.2) is 30.6 Å². The molecule has 0 unspecified atom stereocenters. The molecule has 6 nitrogen and oxygen atoms in total. The lowest BCUT2D eigenvalue weighted by Gasteiger charge is -2.28. The number of rotatable bonds is 7. The first-order valence-corrected chi connectivity index (χ1v) is 12.9. The number of carbonyl (C=O) groups excluding carboxylic acids is 1. The Morgan fingerprint density at radius 3 is 2.07 bits per heavy atom. The van der Waals surface area contributed by atoms with Crippen LogP contribution in [0.4, 0.5) is 4.79 Å². The van der Waals surface area contributed by atoms with Gasteiger partial charge in [0.05, 0.1) is 27.9 Å². The molecule has 152 valence electrons. The van der Waals surface area contributed by atoms with E-state index < -0.39 is 8.07 Å². The average Bonchev–Trinajstić information content (AvgIpc) is 2.67. The van der Waals surface area contributed by atoms with Crippen LogP contribution in [-0.4, -0.2) is 51.4 Å². The number of pyridine rings is 1. The summed E-state index contributed by atoms with van der Waals surface area (Å²) in [4.78, 5) is 18.6. The van der Waals surface area contributed by atoms with Gasteiger partial charge in [-0.2, -0.15) is 0 Å². The number of aromatic nitrogens is 1. The molecule has 0 aliphatic carbocycles. The molecule has 0 atom stereocenters. The molecular weight excluding hydrogens is 372 g/mol. The molecular formula is C21H30N2O4Si. The van der Waals surface area contributed by atoms with E-state index in [-0.39, 0.29) is 6.09 Å². The van der Waals surface area contributed by atoms with E-state index in [1.807, 2.05) is 32.0 Å². The maximum atomic E-state index is 12.9. The van der Waals surface area contributed by atoms with Crippen LogP contribution < -0.4 is 19.4 Å². The van der Waals surface area contributed by atoms with Crippen molar-refractivity contribution in [3.63, 3.8) is 0 Å². The van der Waals surface area contributed by atoms with Crippen molar-refractivity contribution < 1.29 is 19.0 Å². The number of hydrogen-bond acceptors (Lipinski definition) is 5. The van der Waals surface area contributed by atoms with E-state index in [4.69, 9.17) is 14.2 Å². The Kier molecular flexibility index (Phi) is 7.07. The predicted molar refractivity (Wildman–Crippen MR) is 115 cm³/mol. The normalized spacial score (nSPS) is 11.1. The van der Waals surface area contributed by atoms with Crippen molar-refractivity contribution in [2.45, 2.75) is 33.5 Å². The third-order valence-corrected chi connectivity index (χ3v) is 6.55. The van der Waals surface area contributed by atoms with Crippen LogP contribution in [0, 0.1) is 0 Å². The van der Waals surface area contributed by atoms with E-state index in [2.05, 4.69) is 24.6 Å². The third kappa shape index (κ3) is 4.47. The molecule has 7 heteroatoms. The second-order valence-electron chi connectivity index (χ2n) is 7.39. The standard InChI is InChI=1S/C21H30N2O4Si/c1-8-23(9-2)21(24)27-19-18(15-10-12-22-13-11-15)16(25-3)14-17(26-4)20(19)28(5,6)7/h10-14H,8-9H2,1-7H3. The smallest absolute Gasteiger partial charge is 0.415 e. The fourth-order valence-electron chi connectivity index (χ4n) is 3.17. The fourth-order valence-corrected chi connectivity index (χ4v) is 4.94. The highest BCUT2D eigenvalue weighted by Gasteiger charge is 2.32. The van der Waals surface area contributed by atoms with Crippen LogP contribution in [0.5, 0.6) is 17.2 Å². The molecule has 1 aromatic carbocycles. The Bertz CT molecular complexity index is 815. The quantitative estimate of drug-likeness (QED) is 0.651. The van der Waals surface area contributed by atoms with Gasteiger partial charge in [-0.1, -0.05) is 19.6 Å². The Balaban J connectivity index is 2.83. The van der Waals surface area contributed by atoms with Crippen LogP contribution in [0.3, 0.4) is 0 Å². The number of carbonyl (C=O) groups is 1. The molecule has 2 aromatic rings. The van der Waals surface area contributed by atoms with Gasteiger partial charge in [-0.05, 0) is 31.5 Å². The van der Waals surface area contributed by atoms with Gasteiger partial charge in [-0.25, -0.2) is 4.79 Å². The second-order valence-corrected chi connectivity index (χ2v) is 12.4. The Labute approximate surface area is 168 Å². The van der Waals surface area contributed by atoms with Gasteiger partial charge in [0.2, 0.25) is 0 Å². The number of amides is 1. The monoisotopic (exact) mass is 402 g/mol. The molecule has 0 fully saturated rings. The highest BCUT2D eigenvalue weighted by Crippen LogP contribution is 2.42. The maximum absolute atomic E-state index is 12.9. The molecule has 0 N–H and O–H groups in total. The lowest BCUT2D eigenvalue weighted by Crippen LogP contribution is -2.42. The highest BCUT2D eigenvalue weighted by molar-refractivity contribution is 6.90. The van der Waals surface area contributed by atoms with Crippen LogP contribution in [-0.2, 0) is 0 Å². The third-order valence-electron chi connectivity index (χ3n) is 4.58. The van der Waals surface area contributed by atoms with E-state index in [0.29, 0.717) is 30.3 Å². The van der Waals surface area contributed by atoms with Gasteiger partial charge in [0, 0.05) is 36.7 Å². The van der Waals surface area contributed by atoms with Gasteiger partial charge >= 0.3 is 6.09 Å². The highest BCUT2D eigenvalue weighted by atomic mass is 28.3. The molecule has 1 heterocycles. The summed E-state index contributed by atoms with van der Waals surface area (Å²) in [6.07, 6.45) is 3.04. The summed E-state index contributed by atoms with van der Waals surface area (Å²) < 4.78 is 17.4. The minimum Gasteiger partial charge on any atom is -0.497 e. The molecule has 2 rings (SSSR count). The molecule has 0 aliphatic rings. The van der Waals surface area contributed by atoms with Crippen molar-refractivity contribution >= 4 is 19.4 Å². The van der Waals surface area contributed by atoms with Crippen LogP contribution in [0.1, 0.15) is 13.8 Å². The zero-order valence-electron chi connectivity index (χ0n) is 17.8. The summed E-state index contributed by atoms with van der Waals surface area (Å²) in [5.74, 6) is 1.78. The summed E-state index contributed by atoms with van der Waals surface area (Å²) >= 11 is 0. The summed E-state index contributed by atoms with van der Waals surface area (Å²) in [7, 11) is 1.27. The fraction of sp³-hybridized carbons (Fsp3) is 0.429. The first kappa shape index (κ1) is 21.8. The Morgan fingerprint density at radius 2 is 1.61 bits per heavy atom. The second kappa shape index (κ2) is 9.10. The summed E-state index contributed by atoms with van der Waals surface area (Å²) in [6, 6.07) is 5.64. The number of benzene rings is 1. The largest absolute Gasteiger partial charge is 0.497 e. The van der Waals surface area contributed by atoms with Crippen molar-refractivity contribution in [2.24, 2.45) is 0 Å². The van der Waals surface area contributed by atoms with Crippen LogP contribution in [0.25, 0.3) is 11.1 Å². The SMILES string of the molecule is CCN(CC)C(=O)Oc1c(-c2ccncc2)c(OC)cc(OC)c1[Si](C)(C)C. The van der Waals surface area contributed by atoms with Gasteiger partial charge in [0.1, 0.15) is 17.2 Å². The van der Waals surface area contributed by atoms with Gasteiger partial charge in [-0.15, -0.1) is 0 Å². The van der Waals surface area contributed by atoms with Gasteiger partial charge in [0.15, 0.2) is 0 Å². The van der Waals surface area contributed by atoms with E-state index in [9.17, 15) is 4.79 Å². The summed E-state index contributed by atoms with van der Waals surface area (Å²) in [5.41, 5.74) is 1.61. The Hall–Kier alpha value is -2.54. The molecule has 0 spiro atoms. The van der Waals surface area contributed by atoms with Crippen molar-refractivity contribution in [3.05, 3.63) is 30.6 Å². The summed E-state index contributed by atoms with van der Waals surface area (Å²) in [6.45, 7) is 11.6. The average molecular weight is 403 g/mol. The molecule has 28 heavy (non-hydrogen) atoms. The molecule has 1 aromatic heterocycles. The topological polar surface area (TPSA) is 60.9 Å². The van der Waals surface area contributed by atoms with E-state index in [1.54, 1.807) is 31.5 Å². The minimum atomic E-state index is -1.96. The molecule has 0 bridgehead atoms. The predicted octanol–water partition coefficient (Wildman–Crippen LogP) is 4.15. The molecule has 0 saturated carbocycles. The van der Waals surface area contributed by atoms with E-state index in [0.717, 1.165) is 16.3 Å². The summed E-state index contributed by atoms with van der Waals surface area (Å²) in [5, 5.41) is 0.947. The van der Waals surface area contributed by atoms with Gasteiger partial charge in [0.25, 0.3) is 0 Å². The minimum absolute atomic E-state index is 0.380.